The Morgan fingerprint density at radius 1 is 1.47 bits per heavy atom. The standard InChI is InChI=1S/C11H15NO3/c1-7(13)8-5-11(8,6-12)9(14)15-10(2,3)4/h8H,5H2,1-4H3. The highest BCUT2D eigenvalue weighted by molar-refractivity contribution is 5.95. The molecule has 0 saturated heterocycles. The number of carbonyl (C=O) groups excluding carboxylic acids is 2. The van der Waals surface area contributed by atoms with Crippen LogP contribution in [0.4, 0.5) is 0 Å². The minimum absolute atomic E-state index is 0.123. The first-order valence-electron chi connectivity index (χ1n) is 4.88. The van der Waals surface area contributed by atoms with E-state index in [1.54, 1.807) is 20.8 Å². The molecular formula is C11H15NO3. The minimum Gasteiger partial charge on any atom is -0.459 e. The highest BCUT2D eigenvalue weighted by Crippen LogP contribution is 2.53. The van der Waals surface area contributed by atoms with E-state index in [0.717, 1.165) is 0 Å². The second kappa shape index (κ2) is 3.34. The van der Waals surface area contributed by atoms with Crippen molar-refractivity contribution < 1.29 is 14.3 Å². The topological polar surface area (TPSA) is 67.2 Å². The van der Waals surface area contributed by atoms with E-state index in [4.69, 9.17) is 10.00 Å². The van der Waals surface area contributed by atoms with E-state index >= 15 is 0 Å². The van der Waals surface area contributed by atoms with E-state index in [0.29, 0.717) is 6.42 Å². The Labute approximate surface area is 89.2 Å². The Morgan fingerprint density at radius 2 is 2.00 bits per heavy atom. The maximum absolute atomic E-state index is 11.7. The van der Waals surface area contributed by atoms with Crippen molar-refractivity contribution in [1.82, 2.24) is 0 Å². The number of Topliss-reactive ketones (excluding diaryl/α,β-unsaturated/α-hetero) is 1. The molecule has 4 nitrogen and oxygen atoms in total. The first-order chi connectivity index (χ1) is 6.73. The molecule has 1 rings (SSSR count). The smallest absolute Gasteiger partial charge is 0.327 e. The Balaban J connectivity index is 2.77. The van der Waals surface area contributed by atoms with Crippen molar-refractivity contribution in [2.45, 2.75) is 39.7 Å². The Kier molecular flexibility index (Phi) is 2.60. The second-order valence-electron chi connectivity index (χ2n) is 4.95. The minimum atomic E-state index is -1.21. The van der Waals surface area contributed by atoms with Gasteiger partial charge in [-0.25, -0.2) is 0 Å². The summed E-state index contributed by atoms with van der Waals surface area (Å²) in [7, 11) is 0. The van der Waals surface area contributed by atoms with Gasteiger partial charge < -0.3 is 4.74 Å². The van der Waals surface area contributed by atoms with Gasteiger partial charge in [0.15, 0.2) is 5.41 Å². The largest absolute Gasteiger partial charge is 0.459 e. The van der Waals surface area contributed by atoms with Crippen LogP contribution < -0.4 is 0 Å². The predicted octanol–water partition coefficient (Wildman–Crippen LogP) is 1.45. The number of esters is 1. The molecule has 1 fully saturated rings. The molecule has 4 heteroatoms. The monoisotopic (exact) mass is 209 g/mol. The zero-order valence-corrected chi connectivity index (χ0v) is 9.46. The number of rotatable bonds is 2. The van der Waals surface area contributed by atoms with Gasteiger partial charge in [-0.1, -0.05) is 0 Å². The predicted molar refractivity (Wildman–Crippen MR) is 52.7 cm³/mol. The van der Waals surface area contributed by atoms with E-state index in [-0.39, 0.29) is 5.78 Å². The van der Waals surface area contributed by atoms with Crippen LogP contribution in [0.5, 0.6) is 0 Å². The summed E-state index contributed by atoms with van der Waals surface area (Å²) < 4.78 is 5.12. The molecule has 0 aromatic rings. The Hall–Kier alpha value is -1.37. The van der Waals surface area contributed by atoms with Gasteiger partial charge in [0.25, 0.3) is 0 Å². The molecule has 0 spiro atoms. The van der Waals surface area contributed by atoms with Crippen molar-refractivity contribution >= 4 is 11.8 Å². The fraction of sp³-hybridized carbons (Fsp3) is 0.727. The lowest BCUT2D eigenvalue weighted by Crippen LogP contribution is -2.30. The van der Waals surface area contributed by atoms with Gasteiger partial charge in [0.05, 0.1) is 6.07 Å². The summed E-state index contributed by atoms with van der Waals surface area (Å²) >= 11 is 0. The fourth-order valence-electron chi connectivity index (χ4n) is 1.52. The number of hydrogen-bond acceptors (Lipinski definition) is 4. The third-order valence-corrected chi connectivity index (χ3v) is 2.41. The number of carbonyl (C=O) groups is 2. The van der Waals surface area contributed by atoms with Crippen molar-refractivity contribution in [1.29, 1.82) is 5.26 Å². The van der Waals surface area contributed by atoms with E-state index in [2.05, 4.69) is 0 Å². The van der Waals surface area contributed by atoms with Gasteiger partial charge in [-0.2, -0.15) is 5.26 Å². The van der Waals surface area contributed by atoms with Gasteiger partial charge >= 0.3 is 5.97 Å². The normalized spacial score (nSPS) is 29.1. The number of hydrogen-bond donors (Lipinski definition) is 0. The summed E-state index contributed by atoms with van der Waals surface area (Å²) in [6.07, 6.45) is 0.299. The van der Waals surface area contributed by atoms with Crippen molar-refractivity contribution in [3.63, 3.8) is 0 Å². The summed E-state index contributed by atoms with van der Waals surface area (Å²) in [5.74, 6) is -1.17. The van der Waals surface area contributed by atoms with Crippen LogP contribution in [0.2, 0.25) is 0 Å². The van der Waals surface area contributed by atoms with Crippen LogP contribution >= 0.6 is 0 Å². The lowest BCUT2D eigenvalue weighted by atomic mass is 10.0. The molecule has 1 saturated carbocycles. The highest BCUT2D eigenvalue weighted by Gasteiger charge is 2.65. The number of ketones is 1. The van der Waals surface area contributed by atoms with Gasteiger partial charge in [-0.15, -0.1) is 0 Å². The van der Waals surface area contributed by atoms with Crippen molar-refractivity contribution in [3.05, 3.63) is 0 Å². The van der Waals surface area contributed by atoms with Crippen LogP contribution in [0.25, 0.3) is 0 Å². The molecule has 1 aliphatic carbocycles. The third-order valence-electron chi connectivity index (χ3n) is 2.41. The van der Waals surface area contributed by atoms with Gasteiger partial charge in [0.1, 0.15) is 11.4 Å². The lowest BCUT2D eigenvalue weighted by molar-refractivity contribution is -0.160. The third kappa shape index (κ3) is 2.17. The SMILES string of the molecule is CC(=O)C1CC1(C#N)C(=O)OC(C)(C)C. The summed E-state index contributed by atoms with van der Waals surface area (Å²) in [4.78, 5) is 22.8. The van der Waals surface area contributed by atoms with Crippen LogP contribution in [0.1, 0.15) is 34.1 Å². The molecule has 82 valence electrons. The van der Waals surface area contributed by atoms with Crippen molar-refractivity contribution in [2.75, 3.05) is 0 Å². The van der Waals surface area contributed by atoms with E-state index in [1.807, 2.05) is 6.07 Å². The molecule has 0 aromatic heterocycles. The van der Waals surface area contributed by atoms with E-state index < -0.39 is 22.9 Å². The first-order valence-corrected chi connectivity index (χ1v) is 4.88. The van der Waals surface area contributed by atoms with Crippen molar-refractivity contribution in [3.8, 4) is 6.07 Å². The molecule has 15 heavy (non-hydrogen) atoms. The van der Waals surface area contributed by atoms with Gasteiger partial charge in [0.2, 0.25) is 0 Å². The second-order valence-corrected chi connectivity index (χ2v) is 4.95. The number of nitriles is 1. The van der Waals surface area contributed by atoms with Crippen molar-refractivity contribution in [2.24, 2.45) is 11.3 Å². The van der Waals surface area contributed by atoms with E-state index in [9.17, 15) is 9.59 Å². The molecule has 0 radical (unpaired) electrons. The van der Waals surface area contributed by atoms with Gasteiger partial charge in [-0.05, 0) is 34.1 Å². The molecule has 0 aromatic carbocycles. The molecule has 0 aliphatic heterocycles. The Bertz CT molecular complexity index is 348. The molecule has 2 unspecified atom stereocenters. The molecule has 0 bridgehead atoms. The molecule has 0 heterocycles. The lowest BCUT2D eigenvalue weighted by Gasteiger charge is -2.21. The molecule has 0 N–H and O–H groups in total. The fourth-order valence-corrected chi connectivity index (χ4v) is 1.52. The molecule has 2 atom stereocenters. The number of nitrogens with zero attached hydrogens (tertiary/aromatic N) is 1. The summed E-state index contributed by atoms with van der Waals surface area (Å²) in [5.41, 5.74) is -1.83. The first kappa shape index (κ1) is 11.7. The van der Waals surface area contributed by atoms with E-state index in [1.165, 1.54) is 6.92 Å². The van der Waals surface area contributed by atoms with Crippen LogP contribution in [-0.4, -0.2) is 17.4 Å². The average Bonchev–Trinajstić information content (AvgIpc) is 2.76. The number of ether oxygens (including phenoxy) is 1. The van der Waals surface area contributed by atoms with Gasteiger partial charge in [-0.3, -0.25) is 9.59 Å². The van der Waals surface area contributed by atoms with Gasteiger partial charge in [0, 0.05) is 5.92 Å². The quantitative estimate of drug-likeness (QED) is 0.645. The molecule has 0 amide bonds. The van der Waals surface area contributed by atoms with Crippen LogP contribution in [0.3, 0.4) is 0 Å². The zero-order chi connectivity index (χ0) is 11.9. The Morgan fingerprint density at radius 3 is 2.27 bits per heavy atom. The zero-order valence-electron chi connectivity index (χ0n) is 9.46. The average molecular weight is 209 g/mol. The summed E-state index contributed by atoms with van der Waals surface area (Å²) in [6, 6.07) is 1.91. The van der Waals surface area contributed by atoms with Crippen LogP contribution in [0.15, 0.2) is 0 Å². The maximum atomic E-state index is 11.7. The van der Waals surface area contributed by atoms with Crippen LogP contribution in [0, 0.1) is 22.7 Å². The summed E-state index contributed by atoms with van der Waals surface area (Å²) in [6.45, 7) is 6.61. The highest BCUT2D eigenvalue weighted by atomic mass is 16.6. The maximum Gasteiger partial charge on any atom is 0.327 e. The van der Waals surface area contributed by atoms with Crippen LogP contribution in [-0.2, 0) is 14.3 Å². The molecule has 1 aliphatic rings. The summed E-state index contributed by atoms with van der Waals surface area (Å²) in [5, 5.41) is 8.94. The molecular weight excluding hydrogens is 194 g/mol.